The third-order valence-electron chi connectivity index (χ3n) is 4.97. The smallest absolute Gasteiger partial charge is 0.0547 e. The Morgan fingerprint density at radius 1 is 1.20 bits per heavy atom. The van der Waals surface area contributed by atoms with Gasteiger partial charge in [-0.1, -0.05) is 0 Å². The zero-order chi connectivity index (χ0) is 14.2. The van der Waals surface area contributed by atoms with E-state index in [1.54, 1.807) is 0 Å². The highest BCUT2D eigenvalue weighted by molar-refractivity contribution is 4.96. The van der Waals surface area contributed by atoms with Crippen LogP contribution in [0.5, 0.6) is 0 Å². The Hall–Kier alpha value is -0.120. The minimum absolute atomic E-state index is 0.205. The number of ether oxygens (including phenoxy) is 1. The minimum atomic E-state index is 0.205. The summed E-state index contributed by atoms with van der Waals surface area (Å²) in [7, 11) is 0. The molecule has 1 N–H and O–H groups in total. The number of nitrogens with zero attached hydrogens (tertiary/aromatic N) is 1. The maximum absolute atomic E-state index is 5.78. The molecule has 3 heteroatoms. The first kappa shape index (κ1) is 14.8. The number of hydrogen-bond donors (Lipinski definition) is 1. The Morgan fingerprint density at radius 3 is 2.45 bits per heavy atom. The molecule has 0 aromatic rings. The van der Waals surface area contributed by atoms with Crippen LogP contribution >= 0.6 is 0 Å². The monoisotopic (exact) mass is 280 g/mol. The van der Waals surface area contributed by atoms with Gasteiger partial charge in [0.05, 0.1) is 6.61 Å². The lowest BCUT2D eigenvalue weighted by molar-refractivity contribution is 0.0965. The molecule has 0 aromatic carbocycles. The summed E-state index contributed by atoms with van der Waals surface area (Å²) in [6, 6.07) is 0.891. The van der Waals surface area contributed by atoms with Crippen LogP contribution < -0.4 is 5.32 Å². The molecule has 0 bridgehead atoms. The standard InChI is InChI=1S/C17H32N2O/c1-16(2,3)18-11-17(8-9-20-13-17)12-19(15-6-7-15)10-14-4-5-14/h14-15,18H,4-13H2,1-3H3. The quantitative estimate of drug-likeness (QED) is 0.776. The van der Waals surface area contributed by atoms with E-state index in [4.69, 9.17) is 4.74 Å². The van der Waals surface area contributed by atoms with Crippen LogP contribution in [0.25, 0.3) is 0 Å². The molecule has 20 heavy (non-hydrogen) atoms. The van der Waals surface area contributed by atoms with Crippen LogP contribution in [0, 0.1) is 11.3 Å². The lowest BCUT2D eigenvalue weighted by Crippen LogP contribution is -2.50. The van der Waals surface area contributed by atoms with Gasteiger partial charge in [0.2, 0.25) is 0 Å². The maximum atomic E-state index is 5.78. The number of rotatable bonds is 7. The van der Waals surface area contributed by atoms with Gasteiger partial charge in [0.15, 0.2) is 0 Å². The van der Waals surface area contributed by atoms with Gasteiger partial charge in [0, 0.05) is 43.2 Å². The molecule has 0 spiro atoms. The van der Waals surface area contributed by atoms with E-state index in [2.05, 4.69) is 31.0 Å². The molecule has 0 amide bonds. The van der Waals surface area contributed by atoms with Gasteiger partial charge >= 0.3 is 0 Å². The van der Waals surface area contributed by atoms with E-state index >= 15 is 0 Å². The zero-order valence-corrected chi connectivity index (χ0v) is 13.6. The molecule has 1 saturated heterocycles. The normalized spacial score (nSPS) is 31.2. The lowest BCUT2D eigenvalue weighted by atomic mass is 9.85. The second-order valence-corrected chi connectivity index (χ2v) is 8.51. The molecule has 2 aliphatic carbocycles. The highest BCUT2D eigenvalue weighted by Gasteiger charge is 2.42. The topological polar surface area (TPSA) is 24.5 Å². The Bertz CT molecular complexity index is 322. The van der Waals surface area contributed by atoms with Crippen LogP contribution in [0.4, 0.5) is 0 Å². The molecule has 3 aliphatic rings. The van der Waals surface area contributed by atoms with Crippen molar-refractivity contribution in [2.75, 3.05) is 32.8 Å². The molecule has 0 radical (unpaired) electrons. The largest absolute Gasteiger partial charge is 0.381 e. The van der Waals surface area contributed by atoms with Crippen LogP contribution in [0.15, 0.2) is 0 Å². The molecule has 3 nitrogen and oxygen atoms in total. The van der Waals surface area contributed by atoms with Crippen LogP contribution in [-0.4, -0.2) is 49.3 Å². The fourth-order valence-corrected chi connectivity index (χ4v) is 3.27. The first-order valence-electron chi connectivity index (χ1n) is 8.53. The van der Waals surface area contributed by atoms with E-state index in [0.29, 0.717) is 5.41 Å². The fraction of sp³-hybridized carbons (Fsp3) is 1.00. The first-order chi connectivity index (χ1) is 9.46. The van der Waals surface area contributed by atoms with Crippen LogP contribution in [-0.2, 0) is 4.74 Å². The van der Waals surface area contributed by atoms with Crippen molar-refractivity contribution >= 4 is 0 Å². The second-order valence-electron chi connectivity index (χ2n) is 8.51. The zero-order valence-electron chi connectivity index (χ0n) is 13.6. The Balaban J connectivity index is 1.59. The van der Waals surface area contributed by atoms with Crippen molar-refractivity contribution in [2.45, 2.75) is 64.5 Å². The predicted octanol–water partition coefficient (Wildman–Crippen LogP) is 2.66. The molecule has 3 fully saturated rings. The van der Waals surface area contributed by atoms with Crippen LogP contribution in [0.2, 0.25) is 0 Å². The molecule has 1 unspecified atom stereocenters. The number of nitrogens with one attached hydrogen (secondary N) is 1. The summed E-state index contributed by atoms with van der Waals surface area (Å²) < 4.78 is 5.78. The average Bonchev–Trinajstić information content (AvgIpc) is 3.26. The fourth-order valence-electron chi connectivity index (χ4n) is 3.27. The maximum Gasteiger partial charge on any atom is 0.0547 e. The summed E-state index contributed by atoms with van der Waals surface area (Å²) >= 11 is 0. The third kappa shape index (κ3) is 4.19. The molecule has 3 rings (SSSR count). The molecule has 2 saturated carbocycles. The molecule has 1 atom stereocenters. The van der Waals surface area contributed by atoms with Gasteiger partial charge in [-0.15, -0.1) is 0 Å². The summed E-state index contributed by atoms with van der Waals surface area (Å²) in [4.78, 5) is 2.80. The Kier molecular flexibility index (Phi) is 4.13. The van der Waals surface area contributed by atoms with Gasteiger partial charge in [-0.05, 0) is 58.8 Å². The molecule has 1 aliphatic heterocycles. The highest BCUT2D eigenvalue weighted by atomic mass is 16.5. The van der Waals surface area contributed by atoms with E-state index in [1.807, 2.05) is 0 Å². The second kappa shape index (κ2) is 5.58. The van der Waals surface area contributed by atoms with E-state index in [1.165, 1.54) is 45.2 Å². The van der Waals surface area contributed by atoms with Gasteiger partial charge in [0.1, 0.15) is 0 Å². The highest BCUT2D eigenvalue weighted by Crippen LogP contribution is 2.38. The van der Waals surface area contributed by atoms with E-state index in [9.17, 15) is 0 Å². The van der Waals surface area contributed by atoms with Crippen molar-refractivity contribution in [3.63, 3.8) is 0 Å². The van der Waals surface area contributed by atoms with Gasteiger partial charge in [0.25, 0.3) is 0 Å². The molecule has 1 heterocycles. The van der Waals surface area contributed by atoms with Gasteiger partial charge in [-0.25, -0.2) is 0 Å². The molecule has 0 aromatic heterocycles. The molecular formula is C17H32N2O. The minimum Gasteiger partial charge on any atom is -0.381 e. The first-order valence-corrected chi connectivity index (χ1v) is 8.53. The lowest BCUT2D eigenvalue weighted by Gasteiger charge is -2.37. The van der Waals surface area contributed by atoms with Gasteiger partial charge < -0.3 is 10.1 Å². The Morgan fingerprint density at radius 2 is 1.95 bits per heavy atom. The van der Waals surface area contributed by atoms with Crippen LogP contribution in [0.1, 0.15) is 52.9 Å². The summed E-state index contributed by atoms with van der Waals surface area (Å²) in [5.74, 6) is 1.01. The van der Waals surface area contributed by atoms with Crippen molar-refractivity contribution in [1.82, 2.24) is 10.2 Å². The van der Waals surface area contributed by atoms with Gasteiger partial charge in [-0.3, -0.25) is 4.90 Å². The summed E-state index contributed by atoms with van der Waals surface area (Å²) in [5, 5.41) is 3.73. The summed E-state index contributed by atoms with van der Waals surface area (Å²) in [5.41, 5.74) is 0.557. The van der Waals surface area contributed by atoms with E-state index in [-0.39, 0.29) is 5.54 Å². The van der Waals surface area contributed by atoms with E-state index in [0.717, 1.165) is 31.7 Å². The third-order valence-corrected chi connectivity index (χ3v) is 4.97. The number of hydrogen-bond acceptors (Lipinski definition) is 3. The van der Waals surface area contributed by atoms with Crippen molar-refractivity contribution < 1.29 is 4.74 Å². The van der Waals surface area contributed by atoms with E-state index < -0.39 is 0 Å². The van der Waals surface area contributed by atoms with Crippen molar-refractivity contribution in [2.24, 2.45) is 11.3 Å². The van der Waals surface area contributed by atoms with Gasteiger partial charge in [-0.2, -0.15) is 0 Å². The molecule has 116 valence electrons. The summed E-state index contributed by atoms with van der Waals surface area (Å²) in [6.45, 7) is 12.4. The van der Waals surface area contributed by atoms with Crippen molar-refractivity contribution in [3.05, 3.63) is 0 Å². The SMILES string of the molecule is CC(C)(C)NCC1(CN(CC2CC2)C2CC2)CCOC1. The van der Waals surface area contributed by atoms with Crippen molar-refractivity contribution in [1.29, 1.82) is 0 Å². The predicted molar refractivity (Wildman–Crippen MR) is 82.9 cm³/mol. The van der Waals surface area contributed by atoms with Crippen LogP contribution in [0.3, 0.4) is 0 Å². The Labute approximate surface area is 124 Å². The molecular weight excluding hydrogens is 248 g/mol. The average molecular weight is 280 g/mol. The summed E-state index contributed by atoms with van der Waals surface area (Å²) in [6.07, 6.45) is 7.01. The van der Waals surface area contributed by atoms with Crippen molar-refractivity contribution in [3.8, 4) is 0 Å².